The van der Waals surface area contributed by atoms with E-state index in [1.807, 2.05) is 18.4 Å². The lowest BCUT2D eigenvalue weighted by atomic mass is 10.2. The fourth-order valence-corrected chi connectivity index (χ4v) is 3.00. The number of aromatic nitrogens is 1. The Hall–Kier alpha value is -3.94. The molecule has 7 nitrogen and oxygen atoms in total. The first-order valence-electron chi connectivity index (χ1n) is 9.08. The summed E-state index contributed by atoms with van der Waals surface area (Å²) in [5.74, 6) is -1.32. The van der Waals surface area contributed by atoms with Gasteiger partial charge in [-0.3, -0.25) is 4.79 Å². The molecule has 0 aliphatic heterocycles. The molecule has 0 atom stereocenters. The number of amides is 1. The van der Waals surface area contributed by atoms with E-state index < -0.39 is 12.6 Å². The van der Waals surface area contributed by atoms with Gasteiger partial charge in [-0.1, -0.05) is 0 Å². The molecule has 0 fully saturated rings. The van der Waals surface area contributed by atoms with Crippen LogP contribution in [0.2, 0.25) is 0 Å². The van der Waals surface area contributed by atoms with Gasteiger partial charge in [-0.15, -0.1) is 0 Å². The smallest absolute Gasteiger partial charge is 0.341 e. The monoisotopic (exact) mass is 409 g/mol. The second-order valence-electron chi connectivity index (χ2n) is 6.55. The lowest BCUT2D eigenvalue weighted by Gasteiger charge is -2.09. The summed E-state index contributed by atoms with van der Waals surface area (Å²) in [6.07, 6.45) is 1.47. The van der Waals surface area contributed by atoms with Crippen LogP contribution in [0.4, 0.5) is 4.39 Å². The van der Waals surface area contributed by atoms with Crippen molar-refractivity contribution in [1.82, 2.24) is 9.99 Å². The van der Waals surface area contributed by atoms with Crippen molar-refractivity contribution in [2.45, 2.75) is 13.8 Å². The van der Waals surface area contributed by atoms with E-state index >= 15 is 0 Å². The van der Waals surface area contributed by atoms with Crippen molar-refractivity contribution in [1.29, 1.82) is 0 Å². The number of carbonyl (C=O) groups is 2. The molecule has 0 spiro atoms. The number of halogens is 1. The highest BCUT2D eigenvalue weighted by molar-refractivity contribution is 5.96. The molecule has 0 bridgehead atoms. The Kier molecular flexibility index (Phi) is 6.26. The highest BCUT2D eigenvalue weighted by atomic mass is 19.1. The molecule has 154 valence electrons. The third kappa shape index (κ3) is 4.91. The van der Waals surface area contributed by atoms with Crippen molar-refractivity contribution in [2.75, 3.05) is 6.61 Å². The fourth-order valence-electron chi connectivity index (χ4n) is 3.00. The topological polar surface area (TPSA) is 92.9 Å². The van der Waals surface area contributed by atoms with E-state index in [1.54, 1.807) is 42.5 Å². The highest BCUT2D eigenvalue weighted by Gasteiger charge is 2.16. The predicted octanol–water partition coefficient (Wildman–Crippen LogP) is 3.46. The molecule has 2 aromatic carbocycles. The Morgan fingerprint density at radius 3 is 2.43 bits per heavy atom. The fraction of sp³-hybridized carbons (Fsp3) is 0.136. The quantitative estimate of drug-likeness (QED) is 0.462. The molecule has 8 heteroatoms. The van der Waals surface area contributed by atoms with E-state index in [0.717, 1.165) is 11.4 Å². The Bertz CT molecular complexity index is 1090. The Morgan fingerprint density at radius 2 is 1.80 bits per heavy atom. The van der Waals surface area contributed by atoms with Gasteiger partial charge in [-0.05, 0) is 74.0 Å². The van der Waals surface area contributed by atoms with Gasteiger partial charge in [0.25, 0.3) is 5.91 Å². The van der Waals surface area contributed by atoms with Crippen LogP contribution in [0.5, 0.6) is 5.75 Å². The number of hydrazone groups is 1. The number of carboxylic acids is 1. The standard InChI is InChI=1S/C22H20FN3O4/c1-14-11-20(15(2)26(14)18-7-5-17(23)6-8-18)22(29)25-24-12-16-3-9-19(10-4-16)30-13-21(27)28/h3-12H,13H2,1-2H3,(H,25,29)(H,27,28)/b24-12+. The van der Waals surface area contributed by atoms with E-state index in [2.05, 4.69) is 10.5 Å². The van der Waals surface area contributed by atoms with Gasteiger partial charge in [0.1, 0.15) is 11.6 Å². The van der Waals surface area contributed by atoms with Crippen LogP contribution in [0, 0.1) is 19.7 Å². The van der Waals surface area contributed by atoms with Gasteiger partial charge >= 0.3 is 5.97 Å². The van der Waals surface area contributed by atoms with Gasteiger partial charge in [0.15, 0.2) is 6.61 Å². The number of benzene rings is 2. The second kappa shape index (κ2) is 9.04. The average Bonchev–Trinajstić information content (AvgIpc) is 3.02. The van der Waals surface area contributed by atoms with Crippen molar-refractivity contribution >= 4 is 18.1 Å². The van der Waals surface area contributed by atoms with Crippen LogP contribution >= 0.6 is 0 Å². The first-order valence-corrected chi connectivity index (χ1v) is 9.08. The zero-order valence-electron chi connectivity index (χ0n) is 16.4. The minimum atomic E-state index is -1.05. The van der Waals surface area contributed by atoms with E-state index in [9.17, 15) is 14.0 Å². The molecular formula is C22H20FN3O4. The number of hydrogen-bond donors (Lipinski definition) is 2. The number of carbonyl (C=O) groups excluding carboxylic acids is 1. The Labute approximate surface area is 172 Å². The first-order chi connectivity index (χ1) is 14.3. The van der Waals surface area contributed by atoms with Crippen LogP contribution in [0.3, 0.4) is 0 Å². The second-order valence-corrected chi connectivity index (χ2v) is 6.55. The van der Waals surface area contributed by atoms with Crippen molar-refractivity contribution < 1.29 is 23.8 Å². The molecule has 0 aliphatic carbocycles. The molecular weight excluding hydrogens is 389 g/mol. The van der Waals surface area contributed by atoms with E-state index in [1.165, 1.54) is 18.3 Å². The lowest BCUT2D eigenvalue weighted by Crippen LogP contribution is -2.18. The number of rotatable bonds is 7. The van der Waals surface area contributed by atoms with Gasteiger partial charge in [0.2, 0.25) is 0 Å². The molecule has 2 N–H and O–H groups in total. The number of aryl methyl sites for hydroxylation is 1. The third-order valence-corrected chi connectivity index (χ3v) is 4.38. The summed E-state index contributed by atoms with van der Waals surface area (Å²) in [5, 5.41) is 12.6. The summed E-state index contributed by atoms with van der Waals surface area (Å²) in [7, 11) is 0. The lowest BCUT2D eigenvalue weighted by molar-refractivity contribution is -0.139. The van der Waals surface area contributed by atoms with Gasteiger partial charge in [-0.2, -0.15) is 5.10 Å². The van der Waals surface area contributed by atoms with Crippen LogP contribution < -0.4 is 10.2 Å². The Balaban J connectivity index is 1.67. The van der Waals surface area contributed by atoms with Gasteiger partial charge in [0, 0.05) is 17.1 Å². The van der Waals surface area contributed by atoms with Crippen LogP contribution in [0.1, 0.15) is 27.3 Å². The Morgan fingerprint density at radius 1 is 1.13 bits per heavy atom. The van der Waals surface area contributed by atoms with Crippen molar-refractivity contribution in [2.24, 2.45) is 5.10 Å². The molecule has 0 unspecified atom stereocenters. The van der Waals surface area contributed by atoms with Gasteiger partial charge < -0.3 is 14.4 Å². The molecule has 1 heterocycles. The highest BCUT2D eigenvalue weighted by Crippen LogP contribution is 2.21. The predicted molar refractivity (Wildman–Crippen MR) is 110 cm³/mol. The summed E-state index contributed by atoms with van der Waals surface area (Å²) >= 11 is 0. The molecule has 30 heavy (non-hydrogen) atoms. The van der Waals surface area contributed by atoms with Crippen molar-refractivity contribution in [3.05, 3.63) is 82.9 Å². The van der Waals surface area contributed by atoms with E-state index in [0.29, 0.717) is 22.6 Å². The van der Waals surface area contributed by atoms with Crippen molar-refractivity contribution in [3.63, 3.8) is 0 Å². The van der Waals surface area contributed by atoms with Gasteiger partial charge in [0.05, 0.1) is 11.8 Å². The van der Waals surface area contributed by atoms with Crippen molar-refractivity contribution in [3.8, 4) is 11.4 Å². The molecule has 3 rings (SSSR count). The van der Waals surface area contributed by atoms with Gasteiger partial charge in [-0.25, -0.2) is 14.6 Å². The van der Waals surface area contributed by atoms with E-state index in [4.69, 9.17) is 9.84 Å². The molecule has 0 aliphatic rings. The normalized spacial score (nSPS) is 10.9. The maximum atomic E-state index is 13.2. The third-order valence-electron chi connectivity index (χ3n) is 4.38. The zero-order valence-corrected chi connectivity index (χ0v) is 16.4. The number of carboxylic acid groups (broad SMARTS) is 1. The number of ether oxygens (including phenoxy) is 1. The van der Waals surface area contributed by atoms with Crippen LogP contribution in [-0.2, 0) is 4.79 Å². The minimum Gasteiger partial charge on any atom is -0.482 e. The first kappa shape index (κ1) is 20.8. The van der Waals surface area contributed by atoms with Crippen LogP contribution in [0.25, 0.3) is 5.69 Å². The molecule has 0 radical (unpaired) electrons. The number of nitrogens with zero attached hydrogens (tertiary/aromatic N) is 2. The summed E-state index contributed by atoms with van der Waals surface area (Å²) in [4.78, 5) is 23.0. The summed E-state index contributed by atoms with van der Waals surface area (Å²) in [6, 6.07) is 14.4. The number of hydrogen-bond acceptors (Lipinski definition) is 4. The zero-order chi connectivity index (χ0) is 21.7. The summed E-state index contributed by atoms with van der Waals surface area (Å²) in [5.41, 5.74) is 5.98. The molecule has 3 aromatic rings. The largest absolute Gasteiger partial charge is 0.482 e. The molecule has 0 saturated heterocycles. The molecule has 0 saturated carbocycles. The maximum Gasteiger partial charge on any atom is 0.341 e. The average molecular weight is 409 g/mol. The minimum absolute atomic E-state index is 0.324. The van der Waals surface area contributed by atoms with Crippen LogP contribution in [0.15, 0.2) is 59.7 Å². The summed E-state index contributed by atoms with van der Waals surface area (Å²) < 4.78 is 20.1. The number of nitrogens with one attached hydrogen (secondary N) is 1. The summed E-state index contributed by atoms with van der Waals surface area (Å²) in [6.45, 7) is 3.26. The molecule has 1 aromatic heterocycles. The van der Waals surface area contributed by atoms with Crippen LogP contribution in [-0.4, -0.2) is 34.4 Å². The SMILES string of the molecule is Cc1cc(C(=O)N/N=C/c2ccc(OCC(=O)O)cc2)c(C)n1-c1ccc(F)cc1. The van der Waals surface area contributed by atoms with E-state index in [-0.39, 0.29) is 11.7 Å². The maximum absolute atomic E-state index is 13.2. The number of aliphatic carboxylic acids is 1. The molecule has 1 amide bonds.